The van der Waals surface area contributed by atoms with E-state index in [-0.39, 0.29) is 17.8 Å². The van der Waals surface area contributed by atoms with Crippen molar-refractivity contribution in [3.8, 4) is 5.75 Å². The van der Waals surface area contributed by atoms with Crippen LogP contribution < -0.4 is 4.72 Å². The number of nitrogens with zero attached hydrogens (tertiary/aromatic N) is 2. The van der Waals surface area contributed by atoms with E-state index >= 15 is 0 Å². The van der Waals surface area contributed by atoms with Gasteiger partial charge in [-0.25, -0.2) is 0 Å². The normalized spacial score (nSPS) is 23.0. The second-order valence-corrected chi connectivity index (χ2v) is 9.03. The van der Waals surface area contributed by atoms with Gasteiger partial charge in [0.25, 0.3) is 10.2 Å². The Kier molecular flexibility index (Phi) is 6.25. The average molecular weight is 394 g/mol. The number of aryl methyl sites for hydroxylation is 1. The lowest BCUT2D eigenvalue weighted by Gasteiger charge is -2.43. The van der Waals surface area contributed by atoms with Crippen molar-refractivity contribution >= 4 is 15.8 Å². The Balaban J connectivity index is 1.96. The highest BCUT2D eigenvalue weighted by molar-refractivity contribution is 7.87. The first-order valence-electron chi connectivity index (χ1n) is 9.95. The highest BCUT2D eigenvalue weighted by atomic mass is 32.2. The third-order valence-electron chi connectivity index (χ3n) is 5.56. The molecule has 2 atom stereocenters. The Morgan fingerprint density at radius 2 is 2.00 bits per heavy atom. The fraction of sp³-hybridized carbons (Fsp3) is 0.600. The van der Waals surface area contributed by atoms with E-state index in [0.717, 1.165) is 36.9 Å². The Hall–Kier alpha value is -1.41. The minimum absolute atomic E-state index is 0.253. The lowest BCUT2D eigenvalue weighted by atomic mass is 9.80. The van der Waals surface area contributed by atoms with E-state index in [2.05, 4.69) is 22.6 Å². The zero-order chi connectivity index (χ0) is 19.6. The maximum Gasteiger partial charge on any atom is 0.280 e. The van der Waals surface area contributed by atoms with Gasteiger partial charge in [0.2, 0.25) is 0 Å². The summed E-state index contributed by atoms with van der Waals surface area (Å²) in [5.74, 6) is 0.253. The molecule has 3 rings (SSSR count). The van der Waals surface area contributed by atoms with E-state index < -0.39 is 10.2 Å². The van der Waals surface area contributed by atoms with Crippen molar-refractivity contribution in [2.45, 2.75) is 52.1 Å². The number of benzene rings is 1. The van der Waals surface area contributed by atoms with Crippen LogP contribution in [0.1, 0.15) is 44.7 Å². The summed E-state index contributed by atoms with van der Waals surface area (Å²) in [6, 6.07) is 5.54. The van der Waals surface area contributed by atoms with Gasteiger partial charge in [0.15, 0.2) is 0 Å². The second-order valence-electron chi connectivity index (χ2n) is 7.33. The van der Waals surface area contributed by atoms with Crippen LogP contribution in [0.5, 0.6) is 5.75 Å². The lowest BCUT2D eigenvalue weighted by Crippen LogP contribution is -2.54. The zero-order valence-electron chi connectivity index (χ0n) is 16.5. The summed E-state index contributed by atoms with van der Waals surface area (Å²) in [5, 5.41) is 9.98. The van der Waals surface area contributed by atoms with Crippen molar-refractivity contribution < 1.29 is 13.5 Å². The molecule has 150 valence electrons. The number of fused-ring (bicyclic) bond motifs is 3. The lowest BCUT2D eigenvalue weighted by molar-refractivity contribution is 0.205. The minimum Gasteiger partial charge on any atom is -0.508 e. The van der Waals surface area contributed by atoms with E-state index in [1.165, 1.54) is 9.87 Å². The maximum atomic E-state index is 12.7. The number of hydrogen-bond donors (Lipinski definition) is 2. The van der Waals surface area contributed by atoms with Crippen LogP contribution in [0.4, 0.5) is 0 Å². The van der Waals surface area contributed by atoms with Gasteiger partial charge in [0.05, 0.1) is 6.04 Å². The SMILES string of the molecule is CCCN1CC(NS(=O)(=O)N(CC)CC)C=C2c3cc(O)ccc3CCC21. The Bertz CT molecular complexity index is 803. The summed E-state index contributed by atoms with van der Waals surface area (Å²) in [4.78, 5) is 2.39. The fourth-order valence-electron chi connectivity index (χ4n) is 4.34. The molecule has 1 aromatic rings. The summed E-state index contributed by atoms with van der Waals surface area (Å²) in [5.41, 5.74) is 3.41. The predicted octanol–water partition coefficient (Wildman–Crippen LogP) is 2.36. The summed E-state index contributed by atoms with van der Waals surface area (Å²) < 4.78 is 29.8. The van der Waals surface area contributed by atoms with Crippen LogP contribution >= 0.6 is 0 Å². The first kappa shape index (κ1) is 20.3. The minimum atomic E-state index is -3.52. The Labute approximate surface area is 163 Å². The molecule has 1 heterocycles. The third kappa shape index (κ3) is 4.21. The summed E-state index contributed by atoms with van der Waals surface area (Å²) in [6.07, 6.45) is 5.09. The van der Waals surface area contributed by atoms with E-state index in [1.54, 1.807) is 6.07 Å². The molecule has 0 amide bonds. The molecule has 2 unspecified atom stereocenters. The van der Waals surface area contributed by atoms with Gasteiger partial charge < -0.3 is 5.11 Å². The molecular weight excluding hydrogens is 362 g/mol. The molecule has 0 spiro atoms. The number of hydrogen-bond acceptors (Lipinski definition) is 4. The van der Waals surface area contributed by atoms with E-state index in [1.807, 2.05) is 26.0 Å². The molecule has 2 N–H and O–H groups in total. The molecule has 0 saturated heterocycles. The number of phenols is 1. The van der Waals surface area contributed by atoms with Gasteiger partial charge >= 0.3 is 0 Å². The van der Waals surface area contributed by atoms with Crippen LogP contribution in [-0.4, -0.2) is 61.0 Å². The number of nitrogens with one attached hydrogen (secondary N) is 1. The first-order valence-corrected chi connectivity index (χ1v) is 11.4. The molecule has 0 radical (unpaired) electrons. The molecule has 1 aliphatic carbocycles. The molecule has 27 heavy (non-hydrogen) atoms. The topological polar surface area (TPSA) is 72.9 Å². The zero-order valence-corrected chi connectivity index (χ0v) is 17.3. The molecule has 1 aliphatic heterocycles. The van der Waals surface area contributed by atoms with Gasteiger partial charge in [-0.2, -0.15) is 17.4 Å². The van der Waals surface area contributed by atoms with Crippen LogP contribution in [0.25, 0.3) is 5.57 Å². The van der Waals surface area contributed by atoms with Crippen molar-refractivity contribution in [3.05, 3.63) is 35.4 Å². The van der Waals surface area contributed by atoms with Gasteiger partial charge in [-0.1, -0.05) is 32.9 Å². The monoisotopic (exact) mass is 393 g/mol. The predicted molar refractivity (Wildman–Crippen MR) is 109 cm³/mol. The van der Waals surface area contributed by atoms with Crippen molar-refractivity contribution in [3.63, 3.8) is 0 Å². The van der Waals surface area contributed by atoms with Gasteiger partial charge in [-0.3, -0.25) is 4.90 Å². The van der Waals surface area contributed by atoms with Gasteiger partial charge in [0, 0.05) is 25.7 Å². The van der Waals surface area contributed by atoms with Crippen molar-refractivity contribution in [2.24, 2.45) is 0 Å². The van der Waals surface area contributed by atoms with Gasteiger partial charge in [0.1, 0.15) is 5.75 Å². The largest absolute Gasteiger partial charge is 0.508 e. The summed E-state index contributed by atoms with van der Waals surface area (Å²) in [7, 11) is -3.52. The number of aromatic hydroxyl groups is 1. The molecule has 1 aromatic carbocycles. The Morgan fingerprint density at radius 3 is 2.67 bits per heavy atom. The maximum absolute atomic E-state index is 12.7. The molecule has 0 fully saturated rings. The standard InChI is InChI=1S/C20H31N3O3S/c1-4-11-22-14-16(21-27(25,26)23(5-2)6-3)12-19-18-13-17(24)9-7-15(18)8-10-20(19)22/h7,9,12-13,16,20-21,24H,4-6,8,10-11,14H2,1-3H3. The van der Waals surface area contributed by atoms with Crippen molar-refractivity contribution in [1.82, 2.24) is 13.9 Å². The fourth-order valence-corrected chi connectivity index (χ4v) is 5.70. The average Bonchev–Trinajstić information content (AvgIpc) is 2.62. The highest BCUT2D eigenvalue weighted by Gasteiger charge is 2.35. The molecule has 0 saturated carbocycles. The van der Waals surface area contributed by atoms with E-state index in [4.69, 9.17) is 0 Å². The van der Waals surface area contributed by atoms with Crippen LogP contribution in [0.3, 0.4) is 0 Å². The van der Waals surface area contributed by atoms with Crippen LogP contribution in [-0.2, 0) is 16.6 Å². The number of phenolic OH excluding ortho intramolecular Hbond substituents is 1. The van der Waals surface area contributed by atoms with E-state index in [9.17, 15) is 13.5 Å². The van der Waals surface area contributed by atoms with Gasteiger partial charge in [-0.05, 0) is 54.6 Å². The van der Waals surface area contributed by atoms with Crippen molar-refractivity contribution in [2.75, 3.05) is 26.2 Å². The van der Waals surface area contributed by atoms with Crippen LogP contribution in [0.2, 0.25) is 0 Å². The van der Waals surface area contributed by atoms with E-state index in [0.29, 0.717) is 19.6 Å². The van der Waals surface area contributed by atoms with Crippen LogP contribution in [0.15, 0.2) is 24.3 Å². The highest BCUT2D eigenvalue weighted by Crippen LogP contribution is 2.38. The number of rotatable bonds is 7. The molecule has 0 bridgehead atoms. The molecule has 6 nitrogen and oxygen atoms in total. The molecule has 2 aliphatic rings. The first-order chi connectivity index (χ1) is 12.9. The third-order valence-corrected chi connectivity index (χ3v) is 7.36. The summed E-state index contributed by atoms with van der Waals surface area (Å²) in [6.45, 7) is 8.36. The quantitative estimate of drug-likeness (QED) is 0.746. The smallest absolute Gasteiger partial charge is 0.280 e. The Morgan fingerprint density at radius 1 is 1.26 bits per heavy atom. The molecular formula is C20H31N3O3S. The van der Waals surface area contributed by atoms with Crippen molar-refractivity contribution in [1.29, 1.82) is 0 Å². The van der Waals surface area contributed by atoms with Crippen LogP contribution in [0, 0.1) is 0 Å². The summed E-state index contributed by atoms with van der Waals surface area (Å²) >= 11 is 0. The molecule has 0 aromatic heterocycles. The molecule has 7 heteroatoms. The second kappa shape index (κ2) is 8.31. The van der Waals surface area contributed by atoms with Gasteiger partial charge in [-0.15, -0.1) is 0 Å².